The number of hydrogen-bond acceptors (Lipinski definition) is 9. The minimum atomic E-state index is -4.65. The molecule has 1 aromatic heterocycles. The molecule has 2 aliphatic heterocycles. The van der Waals surface area contributed by atoms with Gasteiger partial charge in [0.25, 0.3) is 5.91 Å². The molecule has 39 heavy (non-hydrogen) atoms. The largest absolute Gasteiger partial charge is 0.495 e. The Morgan fingerprint density at radius 3 is 2.51 bits per heavy atom. The predicted molar refractivity (Wildman–Crippen MR) is 141 cm³/mol. The van der Waals surface area contributed by atoms with Gasteiger partial charge >= 0.3 is 6.18 Å². The van der Waals surface area contributed by atoms with Gasteiger partial charge in [-0.25, -0.2) is 4.98 Å². The highest BCUT2D eigenvalue weighted by Crippen LogP contribution is 2.37. The van der Waals surface area contributed by atoms with Gasteiger partial charge < -0.3 is 30.3 Å². The Bertz CT molecular complexity index is 1160. The number of amides is 1. The van der Waals surface area contributed by atoms with Gasteiger partial charge in [0.05, 0.1) is 12.8 Å². The molecule has 3 heterocycles. The number of carbonyl (C=O) groups excluding carboxylic acids is 1. The van der Waals surface area contributed by atoms with Crippen molar-refractivity contribution in [2.75, 3.05) is 63.6 Å². The topological polar surface area (TPSA) is 106 Å². The van der Waals surface area contributed by atoms with Crippen molar-refractivity contribution < 1.29 is 27.8 Å². The summed E-state index contributed by atoms with van der Waals surface area (Å²) in [6.45, 7) is 6.52. The highest BCUT2D eigenvalue weighted by molar-refractivity contribution is 5.95. The van der Waals surface area contributed by atoms with Crippen LogP contribution in [0.1, 0.15) is 28.8 Å². The Kier molecular flexibility index (Phi) is 8.93. The van der Waals surface area contributed by atoms with E-state index in [9.17, 15) is 23.1 Å². The lowest BCUT2D eigenvalue weighted by atomic mass is 10.0. The quantitative estimate of drug-likeness (QED) is 0.429. The van der Waals surface area contributed by atoms with Crippen LogP contribution in [0.4, 0.5) is 30.6 Å². The third kappa shape index (κ3) is 6.97. The van der Waals surface area contributed by atoms with E-state index in [1.54, 1.807) is 23.1 Å². The molecule has 0 saturated carbocycles. The first kappa shape index (κ1) is 28.6. The smallest absolute Gasteiger partial charge is 0.421 e. The highest BCUT2D eigenvalue weighted by atomic mass is 19.4. The van der Waals surface area contributed by atoms with Gasteiger partial charge in [-0.2, -0.15) is 18.2 Å². The second-order valence-corrected chi connectivity index (χ2v) is 9.69. The number of piperidine rings is 1. The number of alkyl halides is 3. The Balaban J connectivity index is 1.51. The maximum absolute atomic E-state index is 13.8. The maximum Gasteiger partial charge on any atom is 0.421 e. The Morgan fingerprint density at radius 1 is 1.21 bits per heavy atom. The number of hydrogen-bond donors (Lipinski definition) is 3. The van der Waals surface area contributed by atoms with Crippen LogP contribution in [0.2, 0.25) is 0 Å². The van der Waals surface area contributed by atoms with Crippen molar-refractivity contribution in [3.63, 3.8) is 0 Å². The molecule has 10 nitrogen and oxygen atoms in total. The number of rotatable bonds is 8. The third-order valence-corrected chi connectivity index (χ3v) is 7.04. The molecule has 1 atom stereocenters. The number of aromatic nitrogens is 2. The van der Waals surface area contributed by atoms with E-state index < -0.39 is 18.0 Å². The number of aliphatic hydroxyl groups is 1. The molecule has 13 heteroatoms. The van der Waals surface area contributed by atoms with E-state index in [1.807, 2.05) is 7.05 Å². The van der Waals surface area contributed by atoms with Crippen LogP contribution in [0.3, 0.4) is 0 Å². The minimum absolute atomic E-state index is 0.0478. The SMILES string of the molecule is C=CC(O)N1CCN(c2nc(Nc3ccc(C(=O)NC4CCN(C)CC4)cc3OC)ncc2C(F)(F)F)CC1. The van der Waals surface area contributed by atoms with Crippen LogP contribution in [0, 0.1) is 0 Å². The number of ether oxygens (including phenoxy) is 1. The number of piperazine rings is 1. The molecule has 0 aliphatic carbocycles. The second kappa shape index (κ2) is 12.2. The van der Waals surface area contributed by atoms with Crippen molar-refractivity contribution in [2.45, 2.75) is 31.3 Å². The van der Waals surface area contributed by atoms with Crippen molar-refractivity contribution >= 4 is 23.4 Å². The van der Waals surface area contributed by atoms with Gasteiger partial charge in [0.2, 0.25) is 5.95 Å². The zero-order valence-electron chi connectivity index (χ0n) is 22.0. The highest BCUT2D eigenvalue weighted by Gasteiger charge is 2.38. The zero-order valence-corrected chi connectivity index (χ0v) is 22.0. The van der Waals surface area contributed by atoms with Gasteiger partial charge in [0.1, 0.15) is 23.4 Å². The first-order chi connectivity index (χ1) is 18.6. The van der Waals surface area contributed by atoms with Gasteiger partial charge in [-0.3, -0.25) is 9.69 Å². The van der Waals surface area contributed by atoms with E-state index in [1.165, 1.54) is 18.1 Å². The van der Waals surface area contributed by atoms with E-state index >= 15 is 0 Å². The maximum atomic E-state index is 13.8. The van der Waals surface area contributed by atoms with Crippen LogP contribution >= 0.6 is 0 Å². The first-order valence-electron chi connectivity index (χ1n) is 12.8. The molecule has 2 aliphatic rings. The summed E-state index contributed by atoms with van der Waals surface area (Å²) in [6, 6.07) is 4.89. The summed E-state index contributed by atoms with van der Waals surface area (Å²) in [6.07, 6.45) is -1.63. The van der Waals surface area contributed by atoms with Crippen LogP contribution in [0.15, 0.2) is 37.1 Å². The average molecular weight is 550 g/mol. The first-order valence-corrected chi connectivity index (χ1v) is 12.8. The fraction of sp³-hybridized carbons (Fsp3) is 0.500. The molecule has 0 bridgehead atoms. The number of anilines is 3. The standard InChI is InChI=1S/C26H34F3N7O3/c1-4-22(37)35-11-13-36(14-12-35)23-19(26(27,28)29)16-30-25(33-23)32-20-6-5-17(15-21(20)39-3)24(38)31-18-7-9-34(2)10-8-18/h4-6,15-16,18,22,37H,1,7-14H2,2-3H3,(H,31,38)(H,30,32,33). The van der Waals surface area contributed by atoms with Crippen molar-refractivity contribution in [1.82, 2.24) is 25.1 Å². The summed E-state index contributed by atoms with van der Waals surface area (Å²) in [5.41, 5.74) is -0.137. The fourth-order valence-electron chi connectivity index (χ4n) is 4.70. The van der Waals surface area contributed by atoms with E-state index in [0.717, 1.165) is 32.1 Å². The lowest BCUT2D eigenvalue weighted by Crippen LogP contribution is -2.50. The molecule has 4 rings (SSSR count). The molecule has 0 radical (unpaired) electrons. The number of nitrogens with one attached hydrogen (secondary N) is 2. The molecule has 2 aromatic rings. The van der Waals surface area contributed by atoms with E-state index in [-0.39, 0.29) is 36.8 Å². The van der Waals surface area contributed by atoms with Crippen LogP contribution in [-0.2, 0) is 6.18 Å². The molecular weight excluding hydrogens is 515 g/mol. The number of nitrogens with zero attached hydrogens (tertiary/aromatic N) is 5. The van der Waals surface area contributed by atoms with Crippen molar-refractivity contribution in [3.8, 4) is 5.75 Å². The summed E-state index contributed by atoms with van der Waals surface area (Å²) >= 11 is 0. The molecule has 1 aromatic carbocycles. The van der Waals surface area contributed by atoms with Crippen LogP contribution in [-0.4, -0.2) is 96.5 Å². The molecule has 1 unspecified atom stereocenters. The Morgan fingerprint density at radius 2 is 1.90 bits per heavy atom. The summed E-state index contributed by atoms with van der Waals surface area (Å²) in [4.78, 5) is 26.4. The second-order valence-electron chi connectivity index (χ2n) is 9.69. The normalized spacial score (nSPS) is 18.5. The number of likely N-dealkylation sites (tertiary alicyclic amines) is 1. The Labute approximate surface area is 225 Å². The monoisotopic (exact) mass is 549 g/mol. The third-order valence-electron chi connectivity index (χ3n) is 7.04. The Hall–Kier alpha value is -3.42. The van der Waals surface area contributed by atoms with Crippen LogP contribution < -0.4 is 20.3 Å². The van der Waals surface area contributed by atoms with E-state index in [0.29, 0.717) is 30.1 Å². The predicted octanol–water partition coefficient (Wildman–Crippen LogP) is 2.70. The van der Waals surface area contributed by atoms with E-state index in [2.05, 4.69) is 32.1 Å². The molecule has 2 fully saturated rings. The molecular formula is C26H34F3N7O3. The summed E-state index contributed by atoms with van der Waals surface area (Å²) in [7, 11) is 3.49. The van der Waals surface area contributed by atoms with Gasteiger partial charge in [-0.1, -0.05) is 6.58 Å². The van der Waals surface area contributed by atoms with Crippen molar-refractivity contribution in [2.24, 2.45) is 0 Å². The average Bonchev–Trinajstić information content (AvgIpc) is 2.93. The number of benzene rings is 1. The van der Waals surface area contributed by atoms with Crippen molar-refractivity contribution in [1.29, 1.82) is 0 Å². The number of halogens is 3. The summed E-state index contributed by atoms with van der Waals surface area (Å²) in [5.74, 6) is -0.194. The molecule has 0 spiro atoms. The van der Waals surface area contributed by atoms with Crippen LogP contribution in [0.5, 0.6) is 5.75 Å². The zero-order chi connectivity index (χ0) is 28.2. The fourth-order valence-corrected chi connectivity index (χ4v) is 4.70. The van der Waals surface area contributed by atoms with Gasteiger partial charge in [-0.05, 0) is 57.3 Å². The number of aliphatic hydroxyl groups excluding tert-OH is 1. The minimum Gasteiger partial charge on any atom is -0.495 e. The van der Waals surface area contributed by atoms with Crippen molar-refractivity contribution in [3.05, 3.63) is 48.2 Å². The van der Waals surface area contributed by atoms with Gasteiger partial charge in [0.15, 0.2) is 0 Å². The van der Waals surface area contributed by atoms with Gasteiger partial charge in [-0.15, -0.1) is 0 Å². The summed E-state index contributed by atoms with van der Waals surface area (Å²) in [5, 5.41) is 15.9. The lowest BCUT2D eigenvalue weighted by molar-refractivity contribution is -0.137. The summed E-state index contributed by atoms with van der Waals surface area (Å²) < 4.78 is 46.8. The molecule has 3 N–H and O–H groups in total. The lowest BCUT2D eigenvalue weighted by Gasteiger charge is -2.37. The van der Waals surface area contributed by atoms with Crippen LogP contribution in [0.25, 0.3) is 0 Å². The van der Waals surface area contributed by atoms with Gasteiger partial charge in [0, 0.05) is 44.0 Å². The number of carbonyl (C=O) groups is 1. The molecule has 1 amide bonds. The molecule has 212 valence electrons. The molecule has 2 saturated heterocycles. The number of methoxy groups -OCH3 is 1. The van der Waals surface area contributed by atoms with E-state index in [4.69, 9.17) is 4.74 Å².